The van der Waals surface area contributed by atoms with Gasteiger partial charge in [0.15, 0.2) is 11.5 Å². The zero-order valence-electron chi connectivity index (χ0n) is 15.8. The first-order chi connectivity index (χ1) is 13.7. The molecule has 1 amide bonds. The Kier molecular flexibility index (Phi) is 5.76. The Morgan fingerprint density at radius 3 is 2.61 bits per heavy atom. The monoisotopic (exact) mass is 384 g/mol. The fourth-order valence-corrected chi connectivity index (χ4v) is 3.83. The van der Waals surface area contributed by atoms with Crippen LogP contribution < -0.4 is 14.8 Å². The molecule has 0 atom stereocenters. The number of benzene rings is 2. The maximum atomic E-state index is 13.0. The van der Waals surface area contributed by atoms with E-state index >= 15 is 0 Å². The van der Waals surface area contributed by atoms with Crippen LogP contribution in [-0.2, 0) is 11.2 Å². The number of likely N-dealkylation sites (tertiary alicyclic amines) is 1. The summed E-state index contributed by atoms with van der Waals surface area (Å²) < 4.78 is 23.6. The van der Waals surface area contributed by atoms with E-state index in [2.05, 4.69) is 10.2 Å². The molecular formula is C22H25FN2O3. The highest BCUT2D eigenvalue weighted by Gasteiger charge is 2.20. The summed E-state index contributed by atoms with van der Waals surface area (Å²) in [6.45, 7) is 3.00. The Bertz CT molecular complexity index is 817. The van der Waals surface area contributed by atoms with Gasteiger partial charge in [-0.2, -0.15) is 0 Å². The smallest absolute Gasteiger partial charge is 0.231 e. The summed E-state index contributed by atoms with van der Waals surface area (Å²) in [5, 5.41) is 2.93. The number of hydrogen-bond acceptors (Lipinski definition) is 4. The molecule has 1 saturated heterocycles. The third kappa shape index (κ3) is 4.81. The Hall–Kier alpha value is -2.60. The van der Waals surface area contributed by atoms with Crippen LogP contribution >= 0.6 is 0 Å². The molecule has 0 unspecified atom stereocenters. The van der Waals surface area contributed by atoms with Crippen molar-refractivity contribution >= 4 is 11.6 Å². The number of anilines is 1. The molecular weight excluding hydrogens is 359 g/mol. The fourth-order valence-electron chi connectivity index (χ4n) is 3.83. The molecule has 0 radical (unpaired) electrons. The number of halogens is 1. The Labute approximate surface area is 164 Å². The van der Waals surface area contributed by atoms with Crippen LogP contribution in [0.25, 0.3) is 0 Å². The van der Waals surface area contributed by atoms with Gasteiger partial charge < -0.3 is 19.7 Å². The lowest BCUT2D eigenvalue weighted by Gasteiger charge is -2.31. The first-order valence-electron chi connectivity index (χ1n) is 9.82. The zero-order chi connectivity index (χ0) is 19.3. The maximum absolute atomic E-state index is 13.0. The van der Waals surface area contributed by atoms with Crippen LogP contribution in [0, 0.1) is 11.7 Å². The molecule has 0 aliphatic carbocycles. The summed E-state index contributed by atoms with van der Waals surface area (Å²) in [4.78, 5) is 14.6. The Balaban J connectivity index is 1.18. The molecule has 0 saturated carbocycles. The molecule has 148 valence electrons. The molecule has 0 aromatic heterocycles. The van der Waals surface area contributed by atoms with Crippen molar-refractivity contribution in [2.75, 3.05) is 31.7 Å². The zero-order valence-corrected chi connectivity index (χ0v) is 15.8. The van der Waals surface area contributed by atoms with Crippen LogP contribution in [0.1, 0.15) is 24.8 Å². The van der Waals surface area contributed by atoms with E-state index in [1.54, 1.807) is 6.07 Å². The van der Waals surface area contributed by atoms with Crippen LogP contribution in [0.15, 0.2) is 42.5 Å². The van der Waals surface area contributed by atoms with Crippen molar-refractivity contribution in [3.63, 3.8) is 0 Å². The van der Waals surface area contributed by atoms with Crippen LogP contribution in [0.3, 0.4) is 0 Å². The quantitative estimate of drug-likeness (QED) is 0.822. The van der Waals surface area contributed by atoms with Crippen molar-refractivity contribution in [3.05, 3.63) is 53.8 Å². The molecule has 2 aliphatic rings. The highest BCUT2D eigenvalue weighted by Crippen LogP contribution is 2.34. The van der Waals surface area contributed by atoms with Gasteiger partial charge in [-0.1, -0.05) is 12.1 Å². The topological polar surface area (TPSA) is 50.8 Å². The second-order valence-electron chi connectivity index (χ2n) is 7.48. The minimum absolute atomic E-state index is 0.00676. The molecule has 0 bridgehead atoms. The van der Waals surface area contributed by atoms with E-state index < -0.39 is 0 Å². The Morgan fingerprint density at radius 1 is 1.07 bits per heavy atom. The maximum Gasteiger partial charge on any atom is 0.231 e. The molecule has 1 N–H and O–H groups in total. The van der Waals surface area contributed by atoms with Gasteiger partial charge in [0.05, 0.1) is 0 Å². The summed E-state index contributed by atoms with van der Waals surface area (Å²) in [6.07, 6.45) is 3.69. The normalized spacial score (nSPS) is 16.9. The van der Waals surface area contributed by atoms with Gasteiger partial charge in [0.2, 0.25) is 12.7 Å². The van der Waals surface area contributed by atoms with Gasteiger partial charge in [0, 0.05) is 24.7 Å². The average molecular weight is 384 g/mol. The van der Waals surface area contributed by atoms with E-state index in [-0.39, 0.29) is 18.5 Å². The van der Waals surface area contributed by atoms with Crippen molar-refractivity contribution in [2.45, 2.75) is 25.7 Å². The molecule has 2 aromatic rings. The summed E-state index contributed by atoms with van der Waals surface area (Å²) in [5.74, 6) is 1.83. The summed E-state index contributed by atoms with van der Waals surface area (Å²) in [5.41, 5.74) is 1.93. The number of carbonyl (C=O) groups excluding carboxylic acids is 1. The largest absolute Gasteiger partial charge is 0.454 e. The van der Waals surface area contributed by atoms with Gasteiger partial charge in [0.1, 0.15) is 5.82 Å². The van der Waals surface area contributed by atoms with Gasteiger partial charge in [-0.05, 0) is 68.1 Å². The van der Waals surface area contributed by atoms with Crippen LogP contribution in [0.4, 0.5) is 10.1 Å². The molecule has 2 aromatic carbocycles. The van der Waals surface area contributed by atoms with E-state index in [0.29, 0.717) is 23.8 Å². The standard InChI is InChI=1S/C22H25FN2O3/c23-18-3-1-16(2-4-18)13-17-7-10-25(11-8-17)12-9-22(26)24-19-5-6-20-21(14-19)28-15-27-20/h1-6,14,17H,7-13,15H2,(H,24,26). The molecule has 28 heavy (non-hydrogen) atoms. The lowest BCUT2D eigenvalue weighted by atomic mass is 9.90. The van der Waals surface area contributed by atoms with E-state index in [0.717, 1.165) is 44.6 Å². The van der Waals surface area contributed by atoms with E-state index in [4.69, 9.17) is 9.47 Å². The number of carbonyl (C=O) groups is 1. The highest BCUT2D eigenvalue weighted by atomic mass is 19.1. The van der Waals surface area contributed by atoms with E-state index in [1.807, 2.05) is 24.3 Å². The molecule has 4 rings (SSSR count). The lowest BCUT2D eigenvalue weighted by Crippen LogP contribution is -2.36. The van der Waals surface area contributed by atoms with E-state index in [9.17, 15) is 9.18 Å². The van der Waals surface area contributed by atoms with Gasteiger partial charge in [-0.3, -0.25) is 4.79 Å². The molecule has 6 heteroatoms. The van der Waals surface area contributed by atoms with Crippen molar-refractivity contribution < 1.29 is 18.7 Å². The first-order valence-corrected chi connectivity index (χ1v) is 9.82. The molecule has 2 heterocycles. The minimum Gasteiger partial charge on any atom is -0.454 e. The second-order valence-corrected chi connectivity index (χ2v) is 7.48. The number of piperidine rings is 1. The second kappa shape index (κ2) is 8.61. The number of nitrogens with zero attached hydrogens (tertiary/aromatic N) is 1. The van der Waals surface area contributed by atoms with Gasteiger partial charge in [-0.15, -0.1) is 0 Å². The molecule has 1 fully saturated rings. The number of ether oxygens (including phenoxy) is 2. The third-order valence-electron chi connectivity index (χ3n) is 5.46. The fraction of sp³-hybridized carbons (Fsp3) is 0.409. The molecule has 2 aliphatic heterocycles. The van der Waals surface area contributed by atoms with Crippen LogP contribution in [0.5, 0.6) is 11.5 Å². The number of nitrogens with one attached hydrogen (secondary N) is 1. The third-order valence-corrected chi connectivity index (χ3v) is 5.46. The van der Waals surface area contributed by atoms with Gasteiger partial charge in [0.25, 0.3) is 0 Å². The van der Waals surface area contributed by atoms with Gasteiger partial charge in [-0.25, -0.2) is 4.39 Å². The minimum atomic E-state index is -0.183. The number of amides is 1. The number of rotatable bonds is 6. The predicted molar refractivity (Wildman–Crippen MR) is 105 cm³/mol. The lowest BCUT2D eigenvalue weighted by molar-refractivity contribution is -0.116. The number of fused-ring (bicyclic) bond motifs is 1. The van der Waals surface area contributed by atoms with Crippen molar-refractivity contribution in [2.24, 2.45) is 5.92 Å². The van der Waals surface area contributed by atoms with Gasteiger partial charge >= 0.3 is 0 Å². The van der Waals surface area contributed by atoms with Crippen LogP contribution in [-0.4, -0.2) is 37.2 Å². The average Bonchev–Trinajstić information content (AvgIpc) is 3.17. The number of hydrogen-bond donors (Lipinski definition) is 1. The molecule has 0 spiro atoms. The first kappa shape index (κ1) is 18.7. The SMILES string of the molecule is O=C(CCN1CCC(Cc2ccc(F)cc2)CC1)Nc1ccc2c(c1)OCO2. The predicted octanol–water partition coefficient (Wildman–Crippen LogP) is 3.84. The van der Waals surface area contributed by atoms with Crippen molar-refractivity contribution in [1.82, 2.24) is 4.90 Å². The Morgan fingerprint density at radius 2 is 1.82 bits per heavy atom. The van der Waals surface area contributed by atoms with Crippen molar-refractivity contribution in [3.8, 4) is 11.5 Å². The molecule has 5 nitrogen and oxygen atoms in total. The highest BCUT2D eigenvalue weighted by molar-refractivity contribution is 5.91. The van der Waals surface area contributed by atoms with Crippen LogP contribution in [0.2, 0.25) is 0 Å². The summed E-state index contributed by atoms with van der Waals surface area (Å²) in [7, 11) is 0. The summed E-state index contributed by atoms with van der Waals surface area (Å²) >= 11 is 0. The van der Waals surface area contributed by atoms with Crippen molar-refractivity contribution in [1.29, 1.82) is 0 Å². The summed E-state index contributed by atoms with van der Waals surface area (Å²) in [6, 6.07) is 12.2. The van der Waals surface area contributed by atoms with E-state index in [1.165, 1.54) is 17.7 Å².